The molecule has 4 rings (SSSR count). The van der Waals surface area contributed by atoms with E-state index in [4.69, 9.17) is 14.2 Å². The van der Waals surface area contributed by atoms with Crippen LogP contribution in [-0.2, 0) is 22.4 Å². The molecule has 1 aliphatic carbocycles. The van der Waals surface area contributed by atoms with Gasteiger partial charge in [0.2, 0.25) is 0 Å². The van der Waals surface area contributed by atoms with Gasteiger partial charge in [-0.3, -0.25) is 9.59 Å². The molecule has 1 aliphatic rings. The molecule has 0 bridgehead atoms. The highest BCUT2D eigenvalue weighted by Crippen LogP contribution is 2.40. The smallest absolute Gasteiger partial charge is 0.341 e. The summed E-state index contributed by atoms with van der Waals surface area (Å²) in [7, 11) is 0. The predicted octanol–water partition coefficient (Wildman–Crippen LogP) is 6.11. The number of esters is 1. The average molecular weight is 551 g/mol. The monoisotopic (exact) mass is 550 g/mol. The molecule has 8 nitrogen and oxygen atoms in total. The number of anilines is 2. The second kappa shape index (κ2) is 12.8. The van der Waals surface area contributed by atoms with E-state index in [1.807, 2.05) is 6.92 Å². The van der Waals surface area contributed by atoms with Crippen LogP contribution in [0.3, 0.4) is 0 Å². The van der Waals surface area contributed by atoms with Crippen molar-refractivity contribution in [1.82, 2.24) is 0 Å². The molecule has 1 heterocycles. The number of amides is 2. The van der Waals surface area contributed by atoms with Crippen molar-refractivity contribution in [2.75, 3.05) is 23.8 Å². The summed E-state index contributed by atoms with van der Waals surface area (Å²) in [6.07, 6.45) is 1.93. The third-order valence-corrected chi connectivity index (χ3v) is 7.62. The van der Waals surface area contributed by atoms with Crippen LogP contribution in [-0.4, -0.2) is 37.1 Å². The predicted molar refractivity (Wildman–Crippen MR) is 152 cm³/mol. The number of thiophene rings is 1. The van der Waals surface area contributed by atoms with Crippen molar-refractivity contribution >= 4 is 39.8 Å². The summed E-state index contributed by atoms with van der Waals surface area (Å²) in [4.78, 5) is 39.5. The molecular weight excluding hydrogens is 516 g/mol. The zero-order chi connectivity index (χ0) is 27.9. The first kappa shape index (κ1) is 28.2. The highest BCUT2D eigenvalue weighted by atomic mass is 32.1. The SMILES string of the molecule is CCOC(=O)c1c(NC(=O)c2ccc(O[C@@H](C)C(=O)Nc3ccc(OCC)cc3)cc2)sc2c1CC[C@@H](C)C2. The third-order valence-electron chi connectivity index (χ3n) is 6.45. The first-order valence-electron chi connectivity index (χ1n) is 13.2. The second-order valence-electron chi connectivity index (χ2n) is 9.46. The van der Waals surface area contributed by atoms with Crippen LogP contribution in [0.1, 0.15) is 65.3 Å². The number of carbonyl (C=O) groups is 3. The van der Waals surface area contributed by atoms with Crippen LogP contribution in [0.25, 0.3) is 0 Å². The quantitative estimate of drug-likeness (QED) is 0.296. The molecule has 0 fully saturated rings. The Morgan fingerprint density at radius 3 is 2.33 bits per heavy atom. The average Bonchev–Trinajstić information content (AvgIpc) is 3.27. The first-order chi connectivity index (χ1) is 18.8. The maximum Gasteiger partial charge on any atom is 0.341 e. The van der Waals surface area contributed by atoms with Crippen molar-refractivity contribution in [3.05, 3.63) is 70.1 Å². The Bertz CT molecular complexity index is 1320. The molecule has 2 atom stereocenters. The summed E-state index contributed by atoms with van der Waals surface area (Å²) in [5.74, 6) is 0.681. The van der Waals surface area contributed by atoms with Gasteiger partial charge in [-0.1, -0.05) is 6.92 Å². The van der Waals surface area contributed by atoms with Gasteiger partial charge >= 0.3 is 5.97 Å². The Hall–Kier alpha value is -3.85. The van der Waals surface area contributed by atoms with E-state index in [1.54, 1.807) is 62.4 Å². The van der Waals surface area contributed by atoms with Gasteiger partial charge in [-0.05, 0) is 100 Å². The fourth-order valence-corrected chi connectivity index (χ4v) is 5.81. The van der Waals surface area contributed by atoms with E-state index >= 15 is 0 Å². The lowest BCUT2D eigenvalue weighted by Gasteiger charge is -2.18. The van der Waals surface area contributed by atoms with Crippen LogP contribution in [0.5, 0.6) is 11.5 Å². The molecular formula is C30H34N2O6S. The van der Waals surface area contributed by atoms with Crippen molar-refractivity contribution in [3.8, 4) is 11.5 Å². The highest BCUT2D eigenvalue weighted by Gasteiger charge is 2.29. The van der Waals surface area contributed by atoms with Crippen molar-refractivity contribution in [1.29, 1.82) is 0 Å². The molecule has 2 amide bonds. The van der Waals surface area contributed by atoms with E-state index in [9.17, 15) is 14.4 Å². The summed E-state index contributed by atoms with van der Waals surface area (Å²) in [6.45, 7) is 8.36. The largest absolute Gasteiger partial charge is 0.494 e. The molecule has 0 unspecified atom stereocenters. The summed E-state index contributed by atoms with van der Waals surface area (Å²) in [6, 6.07) is 13.6. The second-order valence-corrected chi connectivity index (χ2v) is 10.6. The maximum atomic E-state index is 13.1. The first-order valence-corrected chi connectivity index (χ1v) is 14.0. The number of hydrogen-bond acceptors (Lipinski definition) is 7. The van der Waals surface area contributed by atoms with Crippen LogP contribution < -0.4 is 20.1 Å². The molecule has 1 aromatic heterocycles. The van der Waals surface area contributed by atoms with Gasteiger partial charge in [0.05, 0.1) is 18.8 Å². The van der Waals surface area contributed by atoms with Crippen LogP contribution in [0.15, 0.2) is 48.5 Å². The standard InChI is InChI=1S/C30H34N2O6S/c1-5-36-22-14-10-21(11-15-22)31-27(33)19(4)38-23-12-8-20(9-13-23)28(34)32-29-26(30(35)37-6-2)24-16-7-18(3)17-25(24)39-29/h8-15,18-19H,5-7,16-17H2,1-4H3,(H,31,33)(H,32,34)/t18-,19+/m1/s1. The van der Waals surface area contributed by atoms with E-state index in [-0.39, 0.29) is 18.4 Å². The summed E-state index contributed by atoms with van der Waals surface area (Å²) in [5, 5.41) is 6.26. The van der Waals surface area contributed by atoms with Crippen molar-refractivity contribution in [2.45, 2.75) is 53.1 Å². The summed E-state index contributed by atoms with van der Waals surface area (Å²) < 4.78 is 16.5. The van der Waals surface area contributed by atoms with Gasteiger partial charge in [0.1, 0.15) is 16.5 Å². The molecule has 3 aromatic rings. The van der Waals surface area contributed by atoms with Gasteiger partial charge in [0.25, 0.3) is 11.8 Å². The molecule has 0 saturated heterocycles. The molecule has 0 saturated carbocycles. The zero-order valence-electron chi connectivity index (χ0n) is 22.7. The number of benzene rings is 2. The van der Waals surface area contributed by atoms with Gasteiger partial charge in [0.15, 0.2) is 6.10 Å². The summed E-state index contributed by atoms with van der Waals surface area (Å²) >= 11 is 1.45. The van der Waals surface area contributed by atoms with Gasteiger partial charge in [-0.15, -0.1) is 11.3 Å². The van der Waals surface area contributed by atoms with Crippen molar-refractivity contribution in [2.24, 2.45) is 5.92 Å². The van der Waals surface area contributed by atoms with E-state index in [0.717, 1.165) is 35.5 Å². The Morgan fingerprint density at radius 1 is 0.974 bits per heavy atom. The van der Waals surface area contributed by atoms with E-state index in [0.29, 0.717) is 40.1 Å². The van der Waals surface area contributed by atoms with Crippen molar-refractivity contribution < 1.29 is 28.6 Å². The molecule has 2 aromatic carbocycles. The van der Waals surface area contributed by atoms with Crippen LogP contribution in [0, 0.1) is 5.92 Å². The summed E-state index contributed by atoms with van der Waals surface area (Å²) in [5.41, 5.74) is 2.51. The van der Waals surface area contributed by atoms with E-state index in [1.165, 1.54) is 11.3 Å². The van der Waals surface area contributed by atoms with Gasteiger partial charge in [-0.2, -0.15) is 0 Å². The fraction of sp³-hybridized carbons (Fsp3) is 0.367. The zero-order valence-corrected chi connectivity index (χ0v) is 23.5. The number of rotatable bonds is 10. The minimum atomic E-state index is -0.761. The topological polar surface area (TPSA) is 103 Å². The molecule has 0 spiro atoms. The van der Waals surface area contributed by atoms with E-state index in [2.05, 4.69) is 17.6 Å². The van der Waals surface area contributed by atoms with Crippen LogP contribution >= 0.6 is 11.3 Å². The minimum absolute atomic E-state index is 0.269. The number of ether oxygens (including phenoxy) is 3. The maximum absolute atomic E-state index is 13.1. The Balaban J connectivity index is 1.39. The van der Waals surface area contributed by atoms with Crippen LogP contribution in [0.4, 0.5) is 10.7 Å². The van der Waals surface area contributed by atoms with Gasteiger partial charge in [0, 0.05) is 16.1 Å². The Labute approximate surface area is 232 Å². The molecule has 39 heavy (non-hydrogen) atoms. The molecule has 0 aliphatic heterocycles. The third kappa shape index (κ3) is 6.97. The number of carbonyl (C=O) groups excluding carboxylic acids is 3. The molecule has 9 heteroatoms. The fourth-order valence-electron chi connectivity index (χ4n) is 4.42. The highest BCUT2D eigenvalue weighted by molar-refractivity contribution is 7.17. The molecule has 2 N–H and O–H groups in total. The number of nitrogens with one attached hydrogen (secondary N) is 2. The molecule has 206 valence electrons. The Morgan fingerprint density at radius 2 is 1.67 bits per heavy atom. The number of hydrogen-bond donors (Lipinski definition) is 2. The minimum Gasteiger partial charge on any atom is -0.494 e. The molecule has 0 radical (unpaired) electrons. The lowest BCUT2D eigenvalue weighted by Crippen LogP contribution is -2.30. The van der Waals surface area contributed by atoms with Gasteiger partial charge in [-0.25, -0.2) is 4.79 Å². The van der Waals surface area contributed by atoms with Crippen molar-refractivity contribution in [3.63, 3.8) is 0 Å². The van der Waals surface area contributed by atoms with Gasteiger partial charge < -0.3 is 24.8 Å². The van der Waals surface area contributed by atoms with Crippen LogP contribution in [0.2, 0.25) is 0 Å². The Kier molecular flexibility index (Phi) is 9.24. The lowest BCUT2D eigenvalue weighted by atomic mass is 9.88. The lowest BCUT2D eigenvalue weighted by molar-refractivity contribution is -0.122. The van der Waals surface area contributed by atoms with E-state index < -0.39 is 12.1 Å². The number of fused-ring (bicyclic) bond motifs is 1. The normalized spacial score (nSPS) is 15.0.